The van der Waals surface area contributed by atoms with Gasteiger partial charge < -0.3 is 13.4 Å². The molecule has 0 amide bonds. The summed E-state index contributed by atoms with van der Waals surface area (Å²) in [5.41, 5.74) is 13.7. The van der Waals surface area contributed by atoms with Gasteiger partial charge in [0.25, 0.3) is 0 Å². The topological polar surface area (TPSA) is 69.9 Å². The van der Waals surface area contributed by atoms with Crippen molar-refractivity contribution in [2.24, 2.45) is 0 Å². The van der Waals surface area contributed by atoms with E-state index in [9.17, 15) is 0 Å². The molecule has 0 unspecified atom stereocenters. The highest BCUT2D eigenvalue weighted by Crippen LogP contribution is 2.43. The van der Waals surface area contributed by atoms with Crippen LogP contribution in [0, 0.1) is 0 Å². The van der Waals surface area contributed by atoms with Gasteiger partial charge in [0.05, 0.1) is 11.0 Å². The van der Waals surface area contributed by atoms with E-state index in [1.165, 1.54) is 21.9 Å². The Morgan fingerprint density at radius 2 is 0.937 bits per heavy atom. The lowest BCUT2D eigenvalue weighted by Gasteiger charge is -2.14. The maximum Gasteiger partial charge on any atom is 0.164 e. The first-order valence-electron chi connectivity index (χ1n) is 21.1. The number of hydrogen-bond acceptors (Lipinski definition) is 5. The lowest BCUT2D eigenvalue weighted by atomic mass is 9.95. The molecule has 13 aromatic rings. The monoisotopic (exact) mass is 806 g/mol. The Bertz CT molecular complexity index is 3900. The summed E-state index contributed by atoms with van der Waals surface area (Å²) in [5, 5.41) is 6.41. The summed E-state index contributed by atoms with van der Waals surface area (Å²) in [7, 11) is 0. The smallest absolute Gasteiger partial charge is 0.164 e. The molecule has 4 heterocycles. The van der Waals surface area contributed by atoms with Crippen molar-refractivity contribution in [3.63, 3.8) is 0 Å². The van der Waals surface area contributed by atoms with Crippen molar-refractivity contribution >= 4 is 65.7 Å². The fourth-order valence-electron chi connectivity index (χ4n) is 9.35. The Balaban J connectivity index is 1.04. The highest BCUT2D eigenvalue weighted by molar-refractivity contribution is 6.17. The Hall–Kier alpha value is -8.61. The van der Waals surface area contributed by atoms with E-state index in [1.807, 2.05) is 66.7 Å². The molecule has 0 fully saturated rings. The van der Waals surface area contributed by atoms with Crippen molar-refractivity contribution in [2.75, 3.05) is 0 Å². The van der Waals surface area contributed by atoms with Gasteiger partial charge in [-0.2, -0.15) is 0 Å². The zero-order valence-electron chi connectivity index (χ0n) is 33.7. The average Bonchev–Trinajstić information content (AvgIpc) is 4.03. The zero-order valence-corrected chi connectivity index (χ0v) is 33.7. The van der Waals surface area contributed by atoms with Gasteiger partial charge in [0, 0.05) is 60.3 Å². The number of aromatic nitrogens is 4. The van der Waals surface area contributed by atoms with Crippen LogP contribution in [0.5, 0.6) is 0 Å². The molecule has 0 radical (unpaired) electrons. The third kappa shape index (κ3) is 5.69. The molecule has 0 spiro atoms. The summed E-state index contributed by atoms with van der Waals surface area (Å²) < 4.78 is 15.3. The fraction of sp³-hybridized carbons (Fsp3) is 0. The molecular formula is C57H34N4O2. The van der Waals surface area contributed by atoms with Gasteiger partial charge >= 0.3 is 0 Å². The minimum atomic E-state index is 0.555. The van der Waals surface area contributed by atoms with Crippen molar-refractivity contribution in [3.8, 4) is 62.1 Å². The van der Waals surface area contributed by atoms with Crippen LogP contribution in [0.4, 0.5) is 0 Å². The van der Waals surface area contributed by atoms with Crippen LogP contribution in [-0.4, -0.2) is 19.5 Å². The highest BCUT2D eigenvalue weighted by atomic mass is 16.3. The predicted molar refractivity (Wildman–Crippen MR) is 256 cm³/mol. The zero-order chi connectivity index (χ0) is 41.4. The minimum Gasteiger partial charge on any atom is -0.456 e. The maximum absolute atomic E-state index is 6.63. The summed E-state index contributed by atoms with van der Waals surface area (Å²) in [6.45, 7) is 0. The molecule has 13 rings (SSSR count). The van der Waals surface area contributed by atoms with E-state index < -0.39 is 0 Å². The molecule has 0 saturated carbocycles. The van der Waals surface area contributed by atoms with Gasteiger partial charge in [-0.25, -0.2) is 15.0 Å². The third-order valence-electron chi connectivity index (χ3n) is 12.2. The summed E-state index contributed by atoms with van der Waals surface area (Å²) in [6, 6.07) is 71.7. The van der Waals surface area contributed by atoms with Gasteiger partial charge in [0.2, 0.25) is 0 Å². The first-order valence-corrected chi connectivity index (χ1v) is 21.1. The lowest BCUT2D eigenvalue weighted by Crippen LogP contribution is -2.00. The molecule has 6 nitrogen and oxygen atoms in total. The minimum absolute atomic E-state index is 0.555. The number of benzene rings is 9. The number of nitrogens with zero attached hydrogens (tertiary/aromatic N) is 4. The van der Waals surface area contributed by atoms with Crippen molar-refractivity contribution < 1.29 is 8.83 Å². The molecule has 4 aromatic heterocycles. The summed E-state index contributed by atoms with van der Waals surface area (Å²) in [6.07, 6.45) is 0. The Kier molecular flexibility index (Phi) is 7.80. The maximum atomic E-state index is 6.63. The normalized spacial score (nSPS) is 11.8. The van der Waals surface area contributed by atoms with E-state index in [1.54, 1.807) is 0 Å². The number of furan rings is 2. The molecule has 63 heavy (non-hydrogen) atoms. The van der Waals surface area contributed by atoms with Crippen molar-refractivity contribution in [1.29, 1.82) is 0 Å². The van der Waals surface area contributed by atoms with Gasteiger partial charge in [0.15, 0.2) is 17.5 Å². The van der Waals surface area contributed by atoms with Gasteiger partial charge in [-0.3, -0.25) is 0 Å². The van der Waals surface area contributed by atoms with E-state index in [0.29, 0.717) is 17.5 Å². The largest absolute Gasteiger partial charge is 0.456 e. The summed E-state index contributed by atoms with van der Waals surface area (Å²) in [4.78, 5) is 15.5. The van der Waals surface area contributed by atoms with Crippen molar-refractivity contribution in [2.45, 2.75) is 0 Å². The first-order chi connectivity index (χ1) is 31.2. The van der Waals surface area contributed by atoms with Crippen molar-refractivity contribution in [3.05, 3.63) is 206 Å². The molecule has 0 atom stereocenters. The van der Waals surface area contributed by atoms with Crippen LogP contribution in [0.2, 0.25) is 0 Å². The molecule has 0 aliphatic carbocycles. The number of rotatable bonds is 6. The van der Waals surface area contributed by atoms with E-state index in [4.69, 9.17) is 23.8 Å². The summed E-state index contributed by atoms with van der Waals surface area (Å²) in [5.74, 6) is 1.69. The summed E-state index contributed by atoms with van der Waals surface area (Å²) >= 11 is 0. The molecule has 294 valence electrons. The number of para-hydroxylation sites is 2. The van der Waals surface area contributed by atoms with Gasteiger partial charge in [0.1, 0.15) is 22.3 Å². The van der Waals surface area contributed by atoms with Gasteiger partial charge in [-0.15, -0.1) is 0 Å². The van der Waals surface area contributed by atoms with E-state index in [2.05, 4.69) is 144 Å². The van der Waals surface area contributed by atoms with Crippen LogP contribution in [0.1, 0.15) is 0 Å². The molecular weight excluding hydrogens is 773 g/mol. The molecule has 0 aliphatic heterocycles. The molecule has 0 saturated heterocycles. The van der Waals surface area contributed by atoms with Crippen LogP contribution in [0.15, 0.2) is 215 Å². The fourth-order valence-corrected chi connectivity index (χ4v) is 9.35. The standard InChI is InChI=1S/C57H34N4O2/c1-4-15-35(16-5-1)39-31-45(36-17-6-2-7-18-36)54-46(32-39)41-21-10-12-24-48(41)61(54)40-28-30-50-47(34-40)53-44(23-14-26-51(53)62-50)57-59-55(37-19-8-3-9-20-37)58-56(60-57)38-27-29-43-42-22-11-13-25-49(42)63-52(43)33-38/h1-34H. The predicted octanol–water partition coefficient (Wildman–Crippen LogP) is 15.1. The molecule has 9 aromatic carbocycles. The number of fused-ring (bicyclic) bond motifs is 9. The quantitative estimate of drug-likeness (QED) is 0.167. The Morgan fingerprint density at radius 3 is 1.75 bits per heavy atom. The van der Waals surface area contributed by atoms with Crippen molar-refractivity contribution in [1.82, 2.24) is 19.5 Å². The van der Waals surface area contributed by atoms with E-state index in [0.717, 1.165) is 88.4 Å². The van der Waals surface area contributed by atoms with E-state index in [-0.39, 0.29) is 0 Å². The van der Waals surface area contributed by atoms with Gasteiger partial charge in [-0.05, 0) is 77.4 Å². The lowest BCUT2D eigenvalue weighted by molar-refractivity contribution is 0.668. The average molecular weight is 807 g/mol. The Morgan fingerprint density at radius 1 is 0.317 bits per heavy atom. The number of hydrogen-bond donors (Lipinski definition) is 0. The highest BCUT2D eigenvalue weighted by Gasteiger charge is 2.22. The molecule has 0 aliphatic rings. The third-order valence-corrected chi connectivity index (χ3v) is 12.2. The molecule has 6 heteroatoms. The second-order valence-electron chi connectivity index (χ2n) is 15.9. The SMILES string of the molecule is c1ccc(-c2cc(-c3ccccc3)c3c(c2)c2ccccc2n3-c2ccc3oc4cccc(-c5nc(-c6ccccc6)nc(-c6ccc7c(c6)oc6ccccc67)n5)c4c3c2)cc1. The second-order valence-corrected chi connectivity index (χ2v) is 15.9. The Labute approximate surface area is 361 Å². The van der Waals surface area contributed by atoms with Gasteiger partial charge in [-0.1, -0.05) is 146 Å². The second kappa shape index (κ2) is 14.0. The van der Waals surface area contributed by atoms with Crippen LogP contribution < -0.4 is 0 Å². The van der Waals surface area contributed by atoms with Crippen LogP contribution >= 0.6 is 0 Å². The van der Waals surface area contributed by atoms with Crippen LogP contribution in [0.25, 0.3) is 128 Å². The molecule has 0 N–H and O–H groups in total. The van der Waals surface area contributed by atoms with E-state index >= 15 is 0 Å². The van der Waals surface area contributed by atoms with Crippen LogP contribution in [-0.2, 0) is 0 Å². The first kappa shape index (κ1) is 35.2. The molecule has 0 bridgehead atoms. The van der Waals surface area contributed by atoms with Crippen LogP contribution in [0.3, 0.4) is 0 Å².